The molecule has 0 fully saturated rings. The van der Waals surface area contributed by atoms with Gasteiger partial charge in [-0.1, -0.05) is 0 Å². The van der Waals surface area contributed by atoms with Gasteiger partial charge in [0.25, 0.3) is 6.47 Å². The third-order valence-corrected chi connectivity index (χ3v) is 0.750. The van der Waals surface area contributed by atoms with Crippen LogP contribution in [0.25, 0.3) is 0 Å². The van der Waals surface area contributed by atoms with Crippen molar-refractivity contribution in [3.05, 3.63) is 0 Å². The molecule has 0 aliphatic rings. The first-order chi connectivity index (χ1) is 4.16. The number of hydrogen-bond donors (Lipinski definition) is 1. The normalized spacial score (nSPS) is 10.9. The molecule has 1 atom stereocenters. The SMILES string of the molecule is CC(CC(=O)O)OC=O.[H-].[H-].[Mg+2]. The molecule has 0 saturated heterocycles. The minimum atomic E-state index is -0.968. The van der Waals surface area contributed by atoms with Gasteiger partial charge in [0.1, 0.15) is 6.10 Å². The molecule has 0 heterocycles. The molecular weight excluding hydrogens is 148 g/mol. The molecule has 0 aliphatic heterocycles. The van der Waals surface area contributed by atoms with Crippen molar-refractivity contribution in [1.29, 1.82) is 0 Å². The van der Waals surface area contributed by atoms with E-state index >= 15 is 0 Å². The average Bonchev–Trinajstić information content (AvgIpc) is 1.63. The van der Waals surface area contributed by atoms with Crippen molar-refractivity contribution in [1.82, 2.24) is 0 Å². The van der Waals surface area contributed by atoms with Crippen LogP contribution in [-0.2, 0) is 14.3 Å². The standard InChI is InChI=1S/C5H8O4.Mg.2H/c1-4(9-3-6)2-5(7)8;;;/h3-4H,2H2,1H3,(H,7,8);;;/q;+2;2*-1. The van der Waals surface area contributed by atoms with E-state index in [0.29, 0.717) is 0 Å². The van der Waals surface area contributed by atoms with Gasteiger partial charge in [-0.2, -0.15) is 0 Å². The second kappa shape index (κ2) is 6.82. The van der Waals surface area contributed by atoms with E-state index in [2.05, 4.69) is 4.74 Å². The van der Waals surface area contributed by atoms with E-state index in [1.54, 1.807) is 0 Å². The smallest absolute Gasteiger partial charge is 1.00 e. The molecule has 1 N–H and O–H groups in total. The number of hydrogen-bond acceptors (Lipinski definition) is 3. The molecule has 1 unspecified atom stereocenters. The summed E-state index contributed by atoms with van der Waals surface area (Å²) in [6.45, 7) is 1.76. The maximum Gasteiger partial charge on any atom is 2.00 e. The number of carboxylic acids is 1. The van der Waals surface area contributed by atoms with E-state index in [1.807, 2.05) is 0 Å². The Balaban J connectivity index is -0.000000107. The van der Waals surface area contributed by atoms with E-state index in [9.17, 15) is 9.59 Å². The van der Waals surface area contributed by atoms with Crippen LogP contribution in [0.3, 0.4) is 0 Å². The molecule has 0 aromatic carbocycles. The predicted octanol–water partition coefficient (Wildman–Crippen LogP) is -0.133. The second-order valence-corrected chi connectivity index (χ2v) is 1.64. The van der Waals surface area contributed by atoms with Crippen LogP contribution in [0.5, 0.6) is 0 Å². The molecule has 10 heavy (non-hydrogen) atoms. The van der Waals surface area contributed by atoms with Crippen molar-refractivity contribution in [3.8, 4) is 0 Å². The van der Waals surface area contributed by atoms with Crippen LogP contribution in [0.4, 0.5) is 0 Å². The number of carboxylic acid groups (broad SMARTS) is 1. The zero-order valence-electron chi connectivity index (χ0n) is 7.74. The fourth-order valence-corrected chi connectivity index (χ4v) is 0.389. The average molecular weight is 158 g/mol. The van der Waals surface area contributed by atoms with Gasteiger partial charge in [-0.3, -0.25) is 9.59 Å². The van der Waals surface area contributed by atoms with Crippen LogP contribution in [0.1, 0.15) is 16.2 Å². The molecule has 0 bridgehead atoms. The van der Waals surface area contributed by atoms with Gasteiger partial charge in [0.05, 0.1) is 6.42 Å². The summed E-state index contributed by atoms with van der Waals surface area (Å²) >= 11 is 0. The predicted molar refractivity (Wildman–Crippen MR) is 36.8 cm³/mol. The summed E-state index contributed by atoms with van der Waals surface area (Å²) in [5.41, 5.74) is 0. The second-order valence-electron chi connectivity index (χ2n) is 1.64. The van der Waals surface area contributed by atoms with Crippen LogP contribution in [0.2, 0.25) is 0 Å². The zero-order valence-corrected chi connectivity index (χ0v) is 7.16. The first-order valence-corrected chi connectivity index (χ1v) is 2.47. The topological polar surface area (TPSA) is 63.6 Å². The molecule has 0 amide bonds. The maximum atomic E-state index is 9.89. The van der Waals surface area contributed by atoms with Crippen LogP contribution >= 0.6 is 0 Å². The maximum absolute atomic E-state index is 9.89. The van der Waals surface area contributed by atoms with Gasteiger partial charge in [-0.05, 0) is 6.92 Å². The Morgan fingerprint density at radius 3 is 2.70 bits per heavy atom. The Labute approximate surface area is 77.7 Å². The van der Waals surface area contributed by atoms with Crippen LogP contribution in [0.15, 0.2) is 0 Å². The molecule has 0 aromatic rings. The molecule has 4 nitrogen and oxygen atoms in total. The Kier molecular flexibility index (Phi) is 8.45. The molecule has 0 spiro atoms. The summed E-state index contributed by atoms with van der Waals surface area (Å²) in [4.78, 5) is 19.5. The van der Waals surface area contributed by atoms with Crippen molar-refractivity contribution < 1.29 is 22.3 Å². The van der Waals surface area contributed by atoms with Gasteiger partial charge in [-0.25, -0.2) is 0 Å². The van der Waals surface area contributed by atoms with Gasteiger partial charge in [0, 0.05) is 0 Å². The molecule has 56 valence electrons. The molecule has 0 aliphatic carbocycles. The summed E-state index contributed by atoms with van der Waals surface area (Å²) < 4.78 is 4.29. The monoisotopic (exact) mass is 158 g/mol. The Morgan fingerprint density at radius 2 is 2.40 bits per heavy atom. The molecule has 0 saturated carbocycles. The summed E-state index contributed by atoms with van der Waals surface area (Å²) in [5.74, 6) is -0.968. The van der Waals surface area contributed by atoms with Gasteiger partial charge in [0.2, 0.25) is 0 Å². The summed E-state index contributed by atoms with van der Waals surface area (Å²) in [5, 5.41) is 8.11. The Bertz CT molecular complexity index is 122. The largest absolute Gasteiger partial charge is 2.00 e. The number of carbonyl (C=O) groups excluding carboxylic acids is 1. The van der Waals surface area contributed by atoms with Crippen molar-refractivity contribution >= 4 is 35.5 Å². The van der Waals surface area contributed by atoms with Gasteiger partial charge in [0.15, 0.2) is 0 Å². The van der Waals surface area contributed by atoms with E-state index in [0.717, 1.165) is 0 Å². The molecule has 5 heteroatoms. The molecule has 0 radical (unpaired) electrons. The van der Waals surface area contributed by atoms with E-state index in [-0.39, 0.29) is 38.8 Å². The van der Waals surface area contributed by atoms with E-state index in [1.165, 1.54) is 6.92 Å². The summed E-state index contributed by atoms with van der Waals surface area (Å²) in [7, 11) is 0. The quantitative estimate of drug-likeness (QED) is 0.457. The molecule has 0 rings (SSSR count). The van der Waals surface area contributed by atoms with Crippen molar-refractivity contribution in [2.75, 3.05) is 0 Å². The van der Waals surface area contributed by atoms with Crippen molar-refractivity contribution in [3.63, 3.8) is 0 Å². The van der Waals surface area contributed by atoms with Gasteiger partial charge < -0.3 is 12.7 Å². The fourth-order valence-electron chi connectivity index (χ4n) is 0.389. The summed E-state index contributed by atoms with van der Waals surface area (Å²) in [6, 6.07) is 0. The van der Waals surface area contributed by atoms with Crippen molar-refractivity contribution in [2.24, 2.45) is 0 Å². The van der Waals surface area contributed by atoms with E-state index in [4.69, 9.17) is 5.11 Å². The van der Waals surface area contributed by atoms with Crippen LogP contribution in [0, 0.1) is 0 Å². The van der Waals surface area contributed by atoms with Gasteiger partial charge in [-0.15, -0.1) is 0 Å². The molecular formula is C5H10MgO4. The number of aliphatic carboxylic acids is 1. The minimum Gasteiger partial charge on any atom is -1.00 e. The van der Waals surface area contributed by atoms with Crippen molar-refractivity contribution in [2.45, 2.75) is 19.4 Å². The fraction of sp³-hybridized carbons (Fsp3) is 0.600. The number of rotatable bonds is 4. The summed E-state index contributed by atoms with van der Waals surface area (Å²) in [6.07, 6.45) is -0.668. The number of ether oxygens (including phenoxy) is 1. The third-order valence-electron chi connectivity index (χ3n) is 0.750. The first-order valence-electron chi connectivity index (χ1n) is 2.47. The Morgan fingerprint density at radius 1 is 1.90 bits per heavy atom. The molecule has 0 aromatic heterocycles. The van der Waals surface area contributed by atoms with E-state index < -0.39 is 12.1 Å². The van der Waals surface area contributed by atoms with Gasteiger partial charge >= 0.3 is 29.0 Å². The minimum absolute atomic E-state index is 0. The Hall–Kier alpha value is -0.294. The van der Waals surface area contributed by atoms with Crippen LogP contribution in [-0.4, -0.2) is 46.7 Å². The van der Waals surface area contributed by atoms with Crippen LogP contribution < -0.4 is 0 Å². The first kappa shape index (κ1) is 12.4. The zero-order chi connectivity index (χ0) is 7.28. The number of carbonyl (C=O) groups is 2. The third kappa shape index (κ3) is 7.71.